The lowest BCUT2D eigenvalue weighted by atomic mass is 10.1. The molecule has 3 nitrogen and oxygen atoms in total. The van der Waals surface area contributed by atoms with Gasteiger partial charge in [-0.2, -0.15) is 0 Å². The molecule has 1 N–H and O–H groups in total. The second-order valence-electron chi connectivity index (χ2n) is 5.65. The third-order valence-corrected chi connectivity index (χ3v) is 5.29. The molecule has 1 aromatic rings. The van der Waals surface area contributed by atoms with Crippen LogP contribution in [0.5, 0.6) is 0 Å². The Morgan fingerprint density at radius 2 is 1.85 bits per heavy atom. The highest BCUT2D eigenvalue weighted by Crippen LogP contribution is 2.20. The molecule has 0 amide bonds. The van der Waals surface area contributed by atoms with Crippen LogP contribution in [0.15, 0.2) is 24.3 Å². The number of rotatable bonds is 6. The Bertz CT molecular complexity index is 427. The molecule has 0 aromatic heterocycles. The first-order chi connectivity index (χ1) is 9.66. The van der Waals surface area contributed by atoms with Crippen molar-refractivity contribution in [2.75, 3.05) is 30.8 Å². The van der Waals surface area contributed by atoms with Crippen LogP contribution in [0.3, 0.4) is 0 Å². The highest BCUT2D eigenvalue weighted by atomic mass is 32.2. The van der Waals surface area contributed by atoms with E-state index in [1.54, 1.807) is 6.26 Å². The summed E-state index contributed by atoms with van der Waals surface area (Å²) in [5.74, 6) is 0. The Labute approximate surface area is 125 Å². The van der Waals surface area contributed by atoms with Crippen LogP contribution in [0.2, 0.25) is 0 Å². The molecule has 112 valence electrons. The van der Waals surface area contributed by atoms with E-state index in [0.29, 0.717) is 0 Å². The van der Waals surface area contributed by atoms with Crippen LogP contribution < -0.4 is 10.2 Å². The first kappa shape index (κ1) is 15.5. The Morgan fingerprint density at radius 1 is 1.20 bits per heavy atom. The van der Waals surface area contributed by atoms with Crippen molar-refractivity contribution in [2.45, 2.75) is 38.0 Å². The van der Waals surface area contributed by atoms with Crippen LogP contribution in [0.4, 0.5) is 5.69 Å². The fourth-order valence-electron chi connectivity index (χ4n) is 2.51. The molecule has 1 aliphatic heterocycles. The molecule has 2 unspecified atom stereocenters. The molecule has 0 aliphatic carbocycles. The van der Waals surface area contributed by atoms with E-state index < -0.39 is 10.8 Å². The van der Waals surface area contributed by atoms with Gasteiger partial charge in [0.15, 0.2) is 0 Å². The molecule has 0 bridgehead atoms. The lowest BCUT2D eigenvalue weighted by Gasteiger charge is -2.28. The molecule has 0 radical (unpaired) electrons. The summed E-state index contributed by atoms with van der Waals surface area (Å²) in [6, 6.07) is 8.85. The van der Waals surface area contributed by atoms with Gasteiger partial charge < -0.3 is 10.2 Å². The number of benzene rings is 1. The fraction of sp³-hybridized carbons (Fsp3) is 0.625. The second-order valence-corrected chi connectivity index (χ2v) is 7.46. The van der Waals surface area contributed by atoms with E-state index in [9.17, 15) is 4.21 Å². The summed E-state index contributed by atoms with van der Waals surface area (Å²) in [5.41, 5.74) is 2.64. The lowest BCUT2D eigenvalue weighted by molar-refractivity contribution is 0.578. The maximum absolute atomic E-state index is 11.3. The lowest BCUT2D eigenvalue weighted by Crippen LogP contribution is -2.29. The van der Waals surface area contributed by atoms with E-state index in [4.69, 9.17) is 0 Å². The second kappa shape index (κ2) is 7.79. The number of hydrogen-bond donors (Lipinski definition) is 1. The minimum absolute atomic E-state index is 0.211. The Hall–Kier alpha value is -0.870. The average molecular weight is 294 g/mol. The van der Waals surface area contributed by atoms with Gasteiger partial charge in [-0.3, -0.25) is 4.21 Å². The highest BCUT2D eigenvalue weighted by molar-refractivity contribution is 7.84. The third kappa shape index (κ3) is 4.60. The van der Waals surface area contributed by atoms with E-state index in [-0.39, 0.29) is 5.25 Å². The van der Waals surface area contributed by atoms with E-state index in [1.165, 1.54) is 43.6 Å². The van der Waals surface area contributed by atoms with Gasteiger partial charge >= 0.3 is 0 Å². The van der Waals surface area contributed by atoms with Crippen molar-refractivity contribution in [3.8, 4) is 0 Å². The van der Waals surface area contributed by atoms with Gasteiger partial charge in [-0.1, -0.05) is 12.1 Å². The molecule has 20 heavy (non-hydrogen) atoms. The summed E-state index contributed by atoms with van der Waals surface area (Å²) in [5, 5.41) is 3.59. The number of hydrogen-bond acceptors (Lipinski definition) is 3. The minimum Gasteiger partial charge on any atom is -0.372 e. The summed E-state index contributed by atoms with van der Waals surface area (Å²) in [7, 11) is -0.744. The van der Waals surface area contributed by atoms with Crippen molar-refractivity contribution in [1.29, 1.82) is 0 Å². The molecule has 1 saturated heterocycles. The first-order valence-electron chi connectivity index (χ1n) is 7.53. The standard InChI is InChI=1S/C16H26N2OS/c1-14(20(2)19)12-17-13-15-6-8-16(9-7-15)18-10-4-3-5-11-18/h6-9,14,17H,3-5,10-13H2,1-2H3. The number of anilines is 1. The van der Waals surface area contributed by atoms with Gasteiger partial charge in [0.2, 0.25) is 0 Å². The molecule has 1 aromatic carbocycles. The van der Waals surface area contributed by atoms with Crippen LogP contribution in [0, 0.1) is 0 Å². The molecule has 2 rings (SSSR count). The van der Waals surface area contributed by atoms with Gasteiger partial charge in [0.1, 0.15) is 0 Å². The smallest absolute Gasteiger partial charge is 0.0441 e. The molecule has 1 aliphatic rings. The molecule has 1 heterocycles. The summed E-state index contributed by atoms with van der Waals surface area (Å²) in [6.45, 7) is 6.05. The predicted molar refractivity (Wildman–Crippen MR) is 87.7 cm³/mol. The van der Waals surface area contributed by atoms with Crippen LogP contribution in [-0.2, 0) is 17.3 Å². The van der Waals surface area contributed by atoms with Gasteiger partial charge in [0.05, 0.1) is 0 Å². The molecule has 0 saturated carbocycles. The summed E-state index contributed by atoms with van der Waals surface area (Å²) < 4.78 is 11.3. The zero-order valence-corrected chi connectivity index (χ0v) is 13.4. The molecular formula is C16H26N2OS. The normalized spacial score (nSPS) is 18.8. The predicted octanol–water partition coefficient (Wildman–Crippen LogP) is 2.53. The molecule has 4 heteroatoms. The topological polar surface area (TPSA) is 32.3 Å². The monoisotopic (exact) mass is 294 g/mol. The van der Waals surface area contributed by atoms with E-state index in [0.717, 1.165) is 13.1 Å². The Morgan fingerprint density at radius 3 is 2.45 bits per heavy atom. The maximum Gasteiger partial charge on any atom is 0.0441 e. The summed E-state index contributed by atoms with van der Waals surface area (Å²) in [6.07, 6.45) is 5.76. The molecular weight excluding hydrogens is 268 g/mol. The maximum atomic E-state index is 11.3. The molecule has 1 fully saturated rings. The quantitative estimate of drug-likeness (QED) is 0.875. The van der Waals surface area contributed by atoms with Crippen LogP contribution in [-0.4, -0.2) is 35.3 Å². The van der Waals surface area contributed by atoms with E-state index >= 15 is 0 Å². The summed E-state index contributed by atoms with van der Waals surface area (Å²) >= 11 is 0. The van der Waals surface area contributed by atoms with Crippen molar-refractivity contribution >= 4 is 16.5 Å². The van der Waals surface area contributed by atoms with E-state index in [2.05, 4.69) is 34.5 Å². The van der Waals surface area contributed by atoms with Crippen molar-refractivity contribution in [2.24, 2.45) is 0 Å². The largest absolute Gasteiger partial charge is 0.372 e. The Balaban J connectivity index is 1.80. The van der Waals surface area contributed by atoms with Crippen molar-refractivity contribution in [1.82, 2.24) is 5.32 Å². The fourth-order valence-corrected chi connectivity index (χ4v) is 2.87. The average Bonchev–Trinajstić information content (AvgIpc) is 2.48. The van der Waals surface area contributed by atoms with Crippen molar-refractivity contribution in [3.05, 3.63) is 29.8 Å². The third-order valence-electron chi connectivity index (χ3n) is 3.99. The van der Waals surface area contributed by atoms with Gasteiger partial charge in [0, 0.05) is 54.2 Å². The van der Waals surface area contributed by atoms with Crippen LogP contribution in [0.1, 0.15) is 31.7 Å². The van der Waals surface area contributed by atoms with Gasteiger partial charge in [-0.25, -0.2) is 0 Å². The SMILES string of the molecule is CC(CNCc1ccc(N2CCCCC2)cc1)S(C)=O. The highest BCUT2D eigenvalue weighted by Gasteiger charge is 2.10. The number of nitrogens with one attached hydrogen (secondary N) is 1. The van der Waals surface area contributed by atoms with Gasteiger partial charge in [0.25, 0.3) is 0 Å². The minimum atomic E-state index is -0.744. The van der Waals surface area contributed by atoms with E-state index in [1.807, 2.05) is 6.92 Å². The summed E-state index contributed by atoms with van der Waals surface area (Å²) in [4.78, 5) is 2.48. The zero-order chi connectivity index (χ0) is 14.4. The zero-order valence-electron chi connectivity index (χ0n) is 12.6. The molecule has 2 atom stereocenters. The van der Waals surface area contributed by atoms with Crippen molar-refractivity contribution < 1.29 is 4.21 Å². The molecule has 0 spiro atoms. The van der Waals surface area contributed by atoms with Gasteiger partial charge in [-0.15, -0.1) is 0 Å². The van der Waals surface area contributed by atoms with Gasteiger partial charge in [-0.05, 0) is 43.9 Å². The Kier molecular flexibility index (Phi) is 6.05. The first-order valence-corrected chi connectivity index (χ1v) is 9.16. The van der Waals surface area contributed by atoms with Crippen LogP contribution in [0.25, 0.3) is 0 Å². The van der Waals surface area contributed by atoms with Crippen molar-refractivity contribution in [3.63, 3.8) is 0 Å². The number of nitrogens with zero attached hydrogens (tertiary/aromatic N) is 1. The number of piperidine rings is 1. The van der Waals surface area contributed by atoms with Crippen LogP contribution >= 0.6 is 0 Å².